The first-order valence-corrected chi connectivity index (χ1v) is 34.0. The third-order valence-corrected chi connectivity index (χ3v) is 9.97. The summed E-state index contributed by atoms with van der Waals surface area (Å²) in [5.41, 5.74) is 8.76. The quantitative estimate of drug-likeness (QED) is 0.0184. The number of aliphatic carboxylic acids is 1. The number of hydrogen-bond donors (Lipinski definition) is 6. The van der Waals surface area contributed by atoms with Crippen molar-refractivity contribution in [2.75, 3.05) is 93.6 Å². The van der Waals surface area contributed by atoms with E-state index in [-0.39, 0.29) is 0 Å². The number of unbranched alkanes of at least 4 members (excludes halogenated alkanes) is 1. The fraction of sp³-hybridized carbons (Fsp3) is 0.729. The summed E-state index contributed by atoms with van der Waals surface area (Å²) in [4.78, 5) is 24.1. The van der Waals surface area contributed by atoms with Gasteiger partial charge in [0.15, 0.2) is 0 Å². The average Bonchev–Trinajstić information content (AvgIpc) is 4.42. The molecule has 0 aromatic carbocycles. The zero-order valence-electron chi connectivity index (χ0n) is 62.7. The van der Waals surface area contributed by atoms with Crippen LogP contribution in [0, 0.1) is 28.6 Å². The molecule has 0 amide bonds. The van der Waals surface area contributed by atoms with E-state index in [0.29, 0.717) is 33.6 Å². The molecular formula is C70H145ClN4O11S3. The standard InChI is InChI=1S/C8H16O.C7H14O.C6H12O.C6H12.2C5H10.2C4H8.C3H5Cl.C3H7N.C3H6O.C3H6.C3H4.C2H3NO.C2H3NS.C2H4O2.CH5N.CH4O3S.CH4O.CH4S/c1-3-5-8(4-2)6-9-7-8;1-3-7(4-2)5-8-6-7;1-3-6(2)4-7-5-6;1-3-5-6-4-2;1-4-5(2)3;1-3-5-4-2;1-4(2)3;1-3-4-2;1-3(2)4;2*1-3-2-4-3;2*1-3-2;2*1-3-2-4;1-2(3)4;1-2;1-5(2,3)4;2*1-2/h3-7H2,1-2H3;3-6H2,1-2H3;3-5H2,1-2H3;3,5H,4,6H2,1-2H3;4H,1-3H3;3,5H,4H2,1-2H3;1H2,2-3H3;3-4H,1-2H3;1H2,2H3;3-4H,2H2,1H3;3H,2H2,1H3;3H,1H2,2H3;1H,2H3;2*1H3;1H3,(H,3,4);2H2,1H3;1H3,(H,2,3,4);2*2H,1H3/b;;;5-3+;;5-3+;;4-3+;;;;;;;;;;;;. The van der Waals surface area contributed by atoms with Crippen LogP contribution in [-0.2, 0) is 38.7 Å². The predicted molar refractivity (Wildman–Crippen MR) is 405 cm³/mol. The van der Waals surface area contributed by atoms with Crippen molar-refractivity contribution in [2.45, 2.75) is 229 Å². The molecule has 6 N–H and O–H groups in total. The number of hydrogen-bond acceptors (Lipinski definition) is 15. The van der Waals surface area contributed by atoms with Crippen molar-refractivity contribution in [1.29, 1.82) is 0 Å². The van der Waals surface area contributed by atoms with Crippen LogP contribution in [0.4, 0.5) is 0 Å². The molecule has 0 aromatic rings. The van der Waals surface area contributed by atoms with Gasteiger partial charge in [-0.25, -0.2) is 14.8 Å². The molecule has 5 aliphatic rings. The second-order valence-corrected chi connectivity index (χ2v) is 22.0. The molecule has 0 bridgehead atoms. The number of aliphatic hydroxyl groups is 1. The van der Waals surface area contributed by atoms with E-state index in [9.17, 15) is 8.42 Å². The Kier molecular flexibility index (Phi) is 151. The second-order valence-electron chi connectivity index (χ2n) is 19.7. The number of carbonyl (C=O) groups excluding carboxylic acids is 1. The van der Waals surface area contributed by atoms with Crippen molar-refractivity contribution < 1.29 is 51.7 Å². The minimum absolute atomic E-state index is 0.542. The Morgan fingerprint density at radius 1 is 0.775 bits per heavy atom. The zero-order valence-corrected chi connectivity index (χ0v) is 66.0. The zero-order chi connectivity index (χ0) is 74.2. The van der Waals surface area contributed by atoms with Gasteiger partial charge in [0.05, 0.1) is 63.8 Å². The molecule has 5 saturated heterocycles. The van der Waals surface area contributed by atoms with E-state index in [0.717, 1.165) is 72.7 Å². The van der Waals surface area contributed by atoms with Crippen LogP contribution in [0.5, 0.6) is 0 Å². The van der Waals surface area contributed by atoms with Crippen molar-refractivity contribution in [1.82, 2.24) is 5.32 Å². The third kappa shape index (κ3) is 209. The normalized spacial score (nSPS) is 14.7. The van der Waals surface area contributed by atoms with E-state index >= 15 is 0 Å². The topological polar surface area (TPSA) is 242 Å². The van der Waals surface area contributed by atoms with E-state index in [1.165, 1.54) is 89.2 Å². The summed E-state index contributed by atoms with van der Waals surface area (Å²) < 4.78 is 45.9. The number of aliphatic imine (C=N–C) groups is 2. The lowest BCUT2D eigenvalue weighted by atomic mass is 9.79. The maximum atomic E-state index is 9.19. The summed E-state index contributed by atoms with van der Waals surface area (Å²) in [6.07, 6.45) is 36.6. The number of thiol groups is 1. The maximum Gasteiger partial charge on any atom is 0.300 e. The molecule has 0 saturated carbocycles. The van der Waals surface area contributed by atoms with Gasteiger partial charge in [0, 0.05) is 62.0 Å². The summed E-state index contributed by atoms with van der Waals surface area (Å²) in [7, 11) is 1.81. The van der Waals surface area contributed by atoms with Gasteiger partial charge in [-0.2, -0.15) is 21.0 Å². The number of thiocarbonyl (C=S) groups is 1. The van der Waals surface area contributed by atoms with Crippen LogP contribution in [0.15, 0.2) is 94.5 Å². The Balaban J connectivity index is -0.0000000505. The molecule has 0 spiro atoms. The van der Waals surface area contributed by atoms with Crippen LogP contribution in [0.3, 0.4) is 0 Å². The highest BCUT2D eigenvalue weighted by Gasteiger charge is 2.35. The molecule has 2 atom stereocenters. The first-order chi connectivity index (χ1) is 41.6. The van der Waals surface area contributed by atoms with Crippen LogP contribution < -0.4 is 11.1 Å². The number of carbonyl (C=O) groups is 1. The summed E-state index contributed by atoms with van der Waals surface area (Å²) in [6, 6.07) is 0.833. The van der Waals surface area contributed by atoms with Crippen LogP contribution in [0.1, 0.15) is 217 Å². The van der Waals surface area contributed by atoms with E-state index < -0.39 is 16.1 Å². The summed E-state index contributed by atoms with van der Waals surface area (Å²) in [5.74, 6) is 1.42. The molecule has 19 heteroatoms. The van der Waals surface area contributed by atoms with Crippen LogP contribution in [0.25, 0.3) is 0 Å². The number of nitrogens with one attached hydrogen (secondary N) is 1. The van der Waals surface area contributed by atoms with Crippen LogP contribution in [-0.4, -0.2) is 146 Å². The van der Waals surface area contributed by atoms with E-state index in [1.807, 2.05) is 60.6 Å². The lowest BCUT2D eigenvalue weighted by Gasteiger charge is -2.40. The van der Waals surface area contributed by atoms with Gasteiger partial charge in [-0.1, -0.05) is 146 Å². The smallest absolute Gasteiger partial charge is 0.300 e. The molecule has 15 nitrogen and oxygen atoms in total. The molecule has 5 heterocycles. The number of ether oxygens (including phenoxy) is 4. The highest BCUT2D eigenvalue weighted by Crippen LogP contribution is 2.36. The molecule has 2 unspecified atom stereocenters. The number of carboxylic acid groups (broad SMARTS) is 1. The minimum atomic E-state index is -3.67. The number of isocyanates is 1. The SMILES string of the molecule is C#CC.C/C=C/C.C/C=C/CC.C/C=C/CCC.C=C(C)C.C=C(C)Cl.C=CC.CC(=O)O.CC1CN1.CC1CO1.CC=C(C)C.CCC1(C)COC1.CCC1(CC)COC1.CCCC1(CC)COC1.CN.CN=C=O.CN=C=S.CO.CS.CS(=O)(=O)O. The van der Waals surface area contributed by atoms with Gasteiger partial charge in [-0.15, -0.1) is 25.5 Å². The lowest BCUT2D eigenvalue weighted by Crippen LogP contribution is -2.41. The van der Waals surface area contributed by atoms with Crippen molar-refractivity contribution in [3.05, 3.63) is 84.5 Å². The van der Waals surface area contributed by atoms with Gasteiger partial charge in [0.2, 0.25) is 6.08 Å². The number of aliphatic hydroxyl groups excluding tert-OH is 1. The van der Waals surface area contributed by atoms with E-state index in [4.69, 9.17) is 54.9 Å². The van der Waals surface area contributed by atoms with Gasteiger partial charge in [-0.05, 0) is 167 Å². The molecule has 5 rings (SSSR count). The molecule has 0 aliphatic carbocycles. The summed E-state index contributed by atoms with van der Waals surface area (Å²) >= 11 is 12.7. The number of isothiocyanates is 1. The maximum absolute atomic E-state index is 9.19. The number of halogens is 1. The fourth-order valence-corrected chi connectivity index (χ4v) is 3.93. The molecular weight excluding hydrogens is 1200 g/mol. The third-order valence-electron chi connectivity index (χ3n) is 9.79. The van der Waals surface area contributed by atoms with Gasteiger partial charge in [0.1, 0.15) is 0 Å². The van der Waals surface area contributed by atoms with Crippen molar-refractivity contribution in [3.8, 4) is 12.3 Å². The molecule has 0 radical (unpaired) electrons. The van der Waals surface area contributed by atoms with Crippen molar-refractivity contribution >= 4 is 63.8 Å². The number of allylic oxidation sites excluding steroid dienone is 11. The summed E-state index contributed by atoms with van der Waals surface area (Å²) in [5, 5.41) is 20.3. The molecule has 0 aromatic heterocycles. The van der Waals surface area contributed by atoms with Gasteiger partial charge < -0.3 is 40.2 Å². The van der Waals surface area contributed by atoms with Crippen molar-refractivity contribution in [3.63, 3.8) is 0 Å². The second kappa shape index (κ2) is 109. The fourth-order valence-electron chi connectivity index (χ4n) is 3.93. The highest BCUT2D eigenvalue weighted by atomic mass is 35.5. The van der Waals surface area contributed by atoms with E-state index in [2.05, 4.69) is 204 Å². The Bertz CT molecular complexity index is 1650. The number of epoxide rings is 1. The molecule has 5 fully saturated rings. The van der Waals surface area contributed by atoms with Gasteiger partial charge in [-0.3, -0.25) is 9.35 Å². The Morgan fingerprint density at radius 2 is 1.02 bits per heavy atom. The lowest BCUT2D eigenvalue weighted by molar-refractivity contribution is -0.134. The number of carboxylic acids is 1. The Morgan fingerprint density at radius 3 is 1.04 bits per heavy atom. The first kappa shape index (κ1) is 123. The number of rotatable bonds is 9. The largest absolute Gasteiger partial charge is 0.481 e. The molecule has 5 aliphatic heterocycles. The highest BCUT2D eigenvalue weighted by molar-refractivity contribution is 7.85. The number of nitrogens with two attached hydrogens (primary N) is 1. The molecule has 89 heavy (non-hydrogen) atoms. The van der Waals surface area contributed by atoms with Crippen LogP contribution >= 0.6 is 36.4 Å². The first-order valence-electron chi connectivity index (χ1n) is 30.4. The van der Waals surface area contributed by atoms with Gasteiger partial charge >= 0.3 is 0 Å². The minimum Gasteiger partial charge on any atom is -0.481 e. The Labute approximate surface area is 569 Å². The Hall–Kier alpha value is -3.34. The average molecular weight is 1350 g/mol. The van der Waals surface area contributed by atoms with Crippen molar-refractivity contribution in [2.24, 2.45) is 32.0 Å². The van der Waals surface area contributed by atoms with Crippen LogP contribution in [0.2, 0.25) is 0 Å². The molecule has 536 valence electrons. The summed E-state index contributed by atoms with van der Waals surface area (Å²) in [6.45, 7) is 65.0. The number of terminal acetylenes is 1. The predicted octanol–water partition coefficient (Wildman–Crippen LogP) is 18.9. The monoisotopic (exact) mass is 1350 g/mol. The number of nitrogens with zero attached hydrogens (tertiary/aromatic N) is 2. The van der Waals surface area contributed by atoms with Gasteiger partial charge in [0.25, 0.3) is 16.1 Å². The van der Waals surface area contributed by atoms with E-state index in [1.54, 1.807) is 33.2 Å².